The molecule has 0 amide bonds. The summed E-state index contributed by atoms with van der Waals surface area (Å²) in [6, 6.07) is 0. The van der Waals surface area contributed by atoms with E-state index in [1.165, 1.54) is 38.5 Å². The first-order valence-corrected chi connectivity index (χ1v) is 7.25. The lowest BCUT2D eigenvalue weighted by Crippen LogP contribution is -2.14. The van der Waals surface area contributed by atoms with Gasteiger partial charge in [0.2, 0.25) is 5.89 Å². The molecule has 2 rings (SSSR count). The van der Waals surface area contributed by atoms with Crippen LogP contribution >= 0.6 is 11.6 Å². The quantitative estimate of drug-likeness (QED) is 0.750. The van der Waals surface area contributed by atoms with Crippen molar-refractivity contribution in [1.29, 1.82) is 0 Å². The molecule has 1 aromatic heterocycles. The maximum Gasteiger partial charge on any atom is 0.227 e. The molecule has 0 saturated heterocycles. The SMILES string of the molecule is CCCC1CCC(c2noc(CCCl)n2)CC1. The average Bonchev–Trinajstić information content (AvgIpc) is 2.80. The van der Waals surface area contributed by atoms with E-state index in [2.05, 4.69) is 17.1 Å². The summed E-state index contributed by atoms with van der Waals surface area (Å²) in [4.78, 5) is 4.43. The van der Waals surface area contributed by atoms with Crippen molar-refractivity contribution in [2.45, 2.75) is 57.8 Å². The molecule has 0 radical (unpaired) electrons. The topological polar surface area (TPSA) is 38.9 Å². The van der Waals surface area contributed by atoms with Crippen molar-refractivity contribution >= 4 is 11.6 Å². The molecule has 4 heteroatoms. The van der Waals surface area contributed by atoms with E-state index in [0.29, 0.717) is 24.1 Å². The van der Waals surface area contributed by atoms with Crippen LogP contribution in [0.3, 0.4) is 0 Å². The van der Waals surface area contributed by atoms with E-state index in [0.717, 1.165) is 11.7 Å². The van der Waals surface area contributed by atoms with Crippen LogP contribution in [0, 0.1) is 5.92 Å². The molecule has 1 fully saturated rings. The fourth-order valence-electron chi connectivity index (χ4n) is 2.73. The molecule has 1 aromatic rings. The van der Waals surface area contributed by atoms with E-state index in [4.69, 9.17) is 16.1 Å². The van der Waals surface area contributed by atoms with E-state index in [9.17, 15) is 0 Å². The number of nitrogens with zero attached hydrogens (tertiary/aromatic N) is 2. The fraction of sp³-hybridized carbons (Fsp3) is 0.846. The van der Waals surface area contributed by atoms with Gasteiger partial charge in [0.05, 0.1) is 0 Å². The lowest BCUT2D eigenvalue weighted by molar-refractivity contribution is 0.295. The van der Waals surface area contributed by atoms with Gasteiger partial charge in [-0.3, -0.25) is 0 Å². The minimum atomic E-state index is 0.510. The van der Waals surface area contributed by atoms with Gasteiger partial charge in [-0.1, -0.05) is 24.9 Å². The fourth-order valence-corrected chi connectivity index (χ4v) is 2.90. The highest BCUT2D eigenvalue weighted by Crippen LogP contribution is 2.36. The van der Waals surface area contributed by atoms with Crippen LogP contribution in [0.1, 0.15) is 63.1 Å². The molecule has 0 aliphatic heterocycles. The number of hydrogen-bond donors (Lipinski definition) is 0. The molecule has 96 valence electrons. The summed E-state index contributed by atoms with van der Waals surface area (Å²) >= 11 is 5.66. The zero-order valence-corrected chi connectivity index (χ0v) is 11.2. The highest BCUT2D eigenvalue weighted by molar-refractivity contribution is 6.17. The molecule has 1 saturated carbocycles. The smallest absolute Gasteiger partial charge is 0.227 e. The monoisotopic (exact) mass is 256 g/mol. The number of rotatable bonds is 5. The molecule has 17 heavy (non-hydrogen) atoms. The van der Waals surface area contributed by atoms with Crippen molar-refractivity contribution in [2.24, 2.45) is 5.92 Å². The van der Waals surface area contributed by atoms with Crippen molar-refractivity contribution < 1.29 is 4.52 Å². The molecule has 1 aliphatic rings. The maximum atomic E-state index is 5.66. The van der Waals surface area contributed by atoms with Gasteiger partial charge in [-0.15, -0.1) is 11.6 Å². The molecule has 0 N–H and O–H groups in total. The van der Waals surface area contributed by atoms with Crippen LogP contribution in [0.15, 0.2) is 4.52 Å². The summed E-state index contributed by atoms with van der Waals surface area (Å²) in [5.41, 5.74) is 0. The molecule has 0 atom stereocenters. The van der Waals surface area contributed by atoms with Gasteiger partial charge in [-0.25, -0.2) is 0 Å². The Balaban J connectivity index is 1.86. The van der Waals surface area contributed by atoms with Crippen LogP contribution in [0.4, 0.5) is 0 Å². The first kappa shape index (κ1) is 12.9. The number of alkyl halides is 1. The summed E-state index contributed by atoms with van der Waals surface area (Å²) in [7, 11) is 0. The summed E-state index contributed by atoms with van der Waals surface area (Å²) in [5, 5.41) is 4.08. The molecule has 3 nitrogen and oxygen atoms in total. The zero-order valence-electron chi connectivity index (χ0n) is 10.5. The lowest BCUT2D eigenvalue weighted by Gasteiger charge is -2.26. The average molecular weight is 257 g/mol. The number of aromatic nitrogens is 2. The third-order valence-electron chi connectivity index (χ3n) is 3.70. The second-order valence-electron chi connectivity index (χ2n) is 4.99. The Morgan fingerprint density at radius 3 is 2.71 bits per heavy atom. The van der Waals surface area contributed by atoms with Crippen LogP contribution in [0.5, 0.6) is 0 Å². The predicted octanol–water partition coefficient (Wildman–Crippen LogP) is 3.92. The molecule has 0 bridgehead atoms. The first-order chi connectivity index (χ1) is 8.33. The van der Waals surface area contributed by atoms with Crippen molar-refractivity contribution in [3.8, 4) is 0 Å². The molecular weight excluding hydrogens is 236 g/mol. The Hall–Kier alpha value is -0.570. The third-order valence-corrected chi connectivity index (χ3v) is 3.89. The van der Waals surface area contributed by atoms with Gasteiger partial charge in [0.15, 0.2) is 5.82 Å². The van der Waals surface area contributed by atoms with Gasteiger partial charge in [-0.2, -0.15) is 4.98 Å². The third kappa shape index (κ3) is 3.44. The first-order valence-electron chi connectivity index (χ1n) is 6.72. The maximum absolute atomic E-state index is 5.66. The highest BCUT2D eigenvalue weighted by Gasteiger charge is 2.25. The predicted molar refractivity (Wildman–Crippen MR) is 68.3 cm³/mol. The van der Waals surface area contributed by atoms with Gasteiger partial charge in [-0.05, 0) is 31.6 Å². The molecule has 1 heterocycles. The van der Waals surface area contributed by atoms with Gasteiger partial charge in [0.1, 0.15) is 0 Å². The van der Waals surface area contributed by atoms with E-state index >= 15 is 0 Å². The van der Waals surface area contributed by atoms with E-state index < -0.39 is 0 Å². The molecule has 0 unspecified atom stereocenters. The van der Waals surface area contributed by atoms with Crippen LogP contribution in [0.2, 0.25) is 0 Å². The van der Waals surface area contributed by atoms with E-state index in [-0.39, 0.29) is 0 Å². The minimum absolute atomic E-state index is 0.510. The van der Waals surface area contributed by atoms with Gasteiger partial charge in [0.25, 0.3) is 0 Å². The Labute approximate surface area is 108 Å². The van der Waals surface area contributed by atoms with Crippen LogP contribution in [0.25, 0.3) is 0 Å². The summed E-state index contributed by atoms with van der Waals surface area (Å²) in [6.45, 7) is 2.27. The Kier molecular flexibility index (Phi) is 4.84. The largest absolute Gasteiger partial charge is 0.339 e. The molecule has 1 aliphatic carbocycles. The number of halogens is 1. The van der Waals surface area contributed by atoms with Crippen molar-refractivity contribution in [3.05, 3.63) is 11.7 Å². The van der Waals surface area contributed by atoms with Crippen molar-refractivity contribution in [1.82, 2.24) is 10.1 Å². The Bertz CT molecular complexity index is 332. The van der Waals surface area contributed by atoms with Crippen LogP contribution in [-0.4, -0.2) is 16.0 Å². The lowest BCUT2D eigenvalue weighted by atomic mass is 9.80. The van der Waals surface area contributed by atoms with E-state index in [1.807, 2.05) is 0 Å². The van der Waals surface area contributed by atoms with Crippen molar-refractivity contribution in [2.75, 3.05) is 5.88 Å². The second-order valence-corrected chi connectivity index (χ2v) is 5.37. The normalized spacial score (nSPS) is 25.1. The van der Waals surface area contributed by atoms with Crippen molar-refractivity contribution in [3.63, 3.8) is 0 Å². The summed E-state index contributed by atoms with van der Waals surface area (Å²) < 4.78 is 5.19. The van der Waals surface area contributed by atoms with Gasteiger partial charge < -0.3 is 4.52 Å². The standard InChI is InChI=1S/C13H21ClN2O/c1-2-3-10-4-6-11(7-5-10)13-15-12(8-9-14)17-16-13/h10-11H,2-9H2,1H3. The molecule has 0 spiro atoms. The second kappa shape index (κ2) is 6.39. The minimum Gasteiger partial charge on any atom is -0.339 e. The number of aryl methyl sites for hydroxylation is 1. The molecular formula is C13H21ClN2O. The molecule has 0 aromatic carbocycles. The number of hydrogen-bond acceptors (Lipinski definition) is 3. The van der Waals surface area contributed by atoms with Crippen LogP contribution in [-0.2, 0) is 6.42 Å². The van der Waals surface area contributed by atoms with Gasteiger partial charge in [0, 0.05) is 18.2 Å². The van der Waals surface area contributed by atoms with Crippen LogP contribution < -0.4 is 0 Å². The van der Waals surface area contributed by atoms with E-state index in [1.54, 1.807) is 0 Å². The highest BCUT2D eigenvalue weighted by atomic mass is 35.5. The zero-order chi connectivity index (χ0) is 12.1. The Morgan fingerprint density at radius 2 is 2.06 bits per heavy atom. The summed E-state index contributed by atoms with van der Waals surface area (Å²) in [6.07, 6.45) is 8.42. The van der Waals surface area contributed by atoms with Gasteiger partial charge >= 0.3 is 0 Å². The summed E-state index contributed by atoms with van der Waals surface area (Å²) in [5.74, 6) is 3.57. The Morgan fingerprint density at radius 1 is 1.29 bits per heavy atom.